The van der Waals surface area contributed by atoms with Gasteiger partial charge in [0.2, 0.25) is 0 Å². The lowest BCUT2D eigenvalue weighted by Gasteiger charge is -2.17. The maximum atomic E-state index is 12.5. The van der Waals surface area contributed by atoms with E-state index in [0.29, 0.717) is 12.3 Å². The molecule has 0 aliphatic heterocycles. The summed E-state index contributed by atoms with van der Waals surface area (Å²) in [6, 6.07) is 8.18. The second-order valence-corrected chi connectivity index (χ2v) is 4.54. The zero-order chi connectivity index (χ0) is 15.5. The zero-order valence-corrected chi connectivity index (χ0v) is 11.7. The van der Waals surface area contributed by atoms with Gasteiger partial charge in [-0.15, -0.1) is 0 Å². The number of rotatable bonds is 5. The van der Waals surface area contributed by atoms with Crippen molar-refractivity contribution in [1.82, 2.24) is 15.1 Å². The minimum atomic E-state index is -4.42. The summed E-state index contributed by atoms with van der Waals surface area (Å²) in [6.45, 7) is 0.291. The molecule has 21 heavy (non-hydrogen) atoms. The highest BCUT2D eigenvalue weighted by Crippen LogP contribution is 2.27. The number of hydrogen-bond donors (Lipinski definition) is 1. The number of likely N-dealkylation sites (N-methyl/N-ethyl adjacent to an activating group) is 1. The summed E-state index contributed by atoms with van der Waals surface area (Å²) in [5, 5.41) is 6.63. The Morgan fingerprint density at radius 3 is 2.67 bits per heavy atom. The first-order valence-corrected chi connectivity index (χ1v) is 6.36. The molecule has 0 saturated heterocycles. The van der Waals surface area contributed by atoms with Gasteiger partial charge in [-0.05, 0) is 30.8 Å². The first-order chi connectivity index (χ1) is 9.94. The predicted molar refractivity (Wildman–Crippen MR) is 72.0 cm³/mol. The molecule has 0 bridgehead atoms. The molecule has 4 nitrogen and oxygen atoms in total. The van der Waals surface area contributed by atoms with Crippen molar-refractivity contribution in [3.63, 3.8) is 0 Å². The Kier molecular flexibility index (Phi) is 4.52. The fourth-order valence-corrected chi connectivity index (χ4v) is 2.02. The molecule has 0 aliphatic rings. The molecule has 1 atom stereocenters. The molecule has 1 unspecified atom stereocenters. The van der Waals surface area contributed by atoms with Crippen molar-refractivity contribution in [2.24, 2.45) is 0 Å². The summed E-state index contributed by atoms with van der Waals surface area (Å²) in [6.07, 6.45) is -3.09. The van der Waals surface area contributed by atoms with Gasteiger partial charge in [-0.2, -0.15) is 18.3 Å². The molecule has 7 heteroatoms. The number of alkyl halides is 3. The van der Waals surface area contributed by atoms with Crippen LogP contribution in [0.5, 0.6) is 5.75 Å². The molecule has 1 heterocycles. The number of halogens is 3. The Labute approximate surface area is 120 Å². The lowest BCUT2D eigenvalue weighted by molar-refractivity contribution is -0.141. The van der Waals surface area contributed by atoms with Crippen molar-refractivity contribution >= 4 is 0 Å². The first kappa shape index (κ1) is 15.4. The van der Waals surface area contributed by atoms with Crippen molar-refractivity contribution in [3.8, 4) is 5.75 Å². The summed E-state index contributed by atoms with van der Waals surface area (Å²) < 4.78 is 44.0. The monoisotopic (exact) mass is 299 g/mol. The van der Waals surface area contributed by atoms with E-state index in [9.17, 15) is 13.2 Å². The van der Waals surface area contributed by atoms with E-state index in [1.54, 1.807) is 14.2 Å². The van der Waals surface area contributed by atoms with Crippen LogP contribution in [0, 0.1) is 0 Å². The van der Waals surface area contributed by atoms with Crippen LogP contribution in [-0.4, -0.2) is 23.9 Å². The number of benzene rings is 1. The fraction of sp³-hybridized carbons (Fsp3) is 0.357. The number of nitrogens with zero attached hydrogens (tertiary/aromatic N) is 2. The SMILES string of the molecule is CNC(Cn1ccc(C(F)(F)F)n1)c1cccc(OC)c1. The van der Waals surface area contributed by atoms with E-state index in [-0.39, 0.29) is 6.04 Å². The number of methoxy groups -OCH3 is 1. The van der Waals surface area contributed by atoms with Gasteiger partial charge in [0.15, 0.2) is 5.69 Å². The maximum absolute atomic E-state index is 12.5. The van der Waals surface area contributed by atoms with Crippen LogP contribution in [0.1, 0.15) is 17.3 Å². The Bertz CT molecular complexity index is 595. The Morgan fingerprint density at radius 1 is 1.33 bits per heavy atom. The van der Waals surface area contributed by atoms with Crippen LogP contribution in [0.2, 0.25) is 0 Å². The van der Waals surface area contributed by atoms with E-state index in [2.05, 4.69) is 10.4 Å². The van der Waals surface area contributed by atoms with Crippen molar-refractivity contribution in [1.29, 1.82) is 0 Å². The minimum Gasteiger partial charge on any atom is -0.497 e. The molecule has 0 saturated carbocycles. The number of hydrogen-bond acceptors (Lipinski definition) is 3. The standard InChI is InChI=1S/C14H16F3N3O/c1-18-12(10-4-3-5-11(8-10)21-2)9-20-7-6-13(19-20)14(15,16)17/h3-8,12,18H,9H2,1-2H3. The van der Waals surface area contributed by atoms with E-state index in [4.69, 9.17) is 4.74 Å². The molecule has 0 fully saturated rings. The lowest BCUT2D eigenvalue weighted by Crippen LogP contribution is -2.22. The third kappa shape index (κ3) is 3.75. The van der Waals surface area contributed by atoms with Gasteiger partial charge in [-0.1, -0.05) is 12.1 Å². The van der Waals surface area contributed by atoms with Gasteiger partial charge in [0.1, 0.15) is 5.75 Å². The minimum absolute atomic E-state index is 0.166. The van der Waals surface area contributed by atoms with Crippen molar-refractivity contribution in [2.75, 3.05) is 14.2 Å². The van der Waals surface area contributed by atoms with Gasteiger partial charge < -0.3 is 10.1 Å². The Morgan fingerprint density at radius 2 is 2.10 bits per heavy atom. The largest absolute Gasteiger partial charge is 0.497 e. The molecular formula is C14H16F3N3O. The van der Waals surface area contributed by atoms with Gasteiger partial charge >= 0.3 is 6.18 Å². The molecule has 0 aliphatic carbocycles. The smallest absolute Gasteiger partial charge is 0.435 e. The number of ether oxygens (including phenoxy) is 1. The van der Waals surface area contributed by atoms with Gasteiger partial charge in [0.05, 0.1) is 19.7 Å². The summed E-state index contributed by atoms with van der Waals surface area (Å²) >= 11 is 0. The topological polar surface area (TPSA) is 39.1 Å². The average molecular weight is 299 g/mol. The van der Waals surface area contributed by atoms with E-state index in [0.717, 1.165) is 11.6 Å². The summed E-state index contributed by atoms with van der Waals surface area (Å²) in [7, 11) is 3.31. The van der Waals surface area contributed by atoms with E-state index in [1.807, 2.05) is 24.3 Å². The summed E-state index contributed by atoms with van der Waals surface area (Å²) in [5.74, 6) is 0.698. The second-order valence-electron chi connectivity index (χ2n) is 4.54. The highest BCUT2D eigenvalue weighted by molar-refractivity contribution is 5.30. The Balaban J connectivity index is 2.17. The van der Waals surface area contributed by atoms with Crippen LogP contribution >= 0.6 is 0 Å². The molecule has 1 aromatic carbocycles. The molecule has 0 radical (unpaired) electrons. The number of nitrogens with one attached hydrogen (secondary N) is 1. The van der Waals surface area contributed by atoms with Crippen LogP contribution in [0.4, 0.5) is 13.2 Å². The highest BCUT2D eigenvalue weighted by atomic mass is 19.4. The quantitative estimate of drug-likeness (QED) is 0.922. The van der Waals surface area contributed by atoms with Crippen LogP contribution in [-0.2, 0) is 12.7 Å². The molecule has 2 rings (SSSR count). The molecule has 2 aromatic rings. The van der Waals surface area contributed by atoms with Crippen LogP contribution in [0.25, 0.3) is 0 Å². The molecule has 1 aromatic heterocycles. The fourth-order valence-electron chi connectivity index (χ4n) is 2.02. The molecule has 0 amide bonds. The zero-order valence-electron chi connectivity index (χ0n) is 11.7. The van der Waals surface area contributed by atoms with Crippen molar-refractivity contribution < 1.29 is 17.9 Å². The van der Waals surface area contributed by atoms with E-state index >= 15 is 0 Å². The van der Waals surface area contributed by atoms with Crippen LogP contribution in [0.15, 0.2) is 36.5 Å². The summed E-state index contributed by atoms with van der Waals surface area (Å²) in [5.41, 5.74) is 0.0314. The molecule has 114 valence electrons. The maximum Gasteiger partial charge on any atom is 0.435 e. The number of aromatic nitrogens is 2. The third-order valence-electron chi connectivity index (χ3n) is 3.15. The van der Waals surface area contributed by atoms with Crippen molar-refractivity contribution in [3.05, 3.63) is 47.8 Å². The molecule has 1 N–H and O–H groups in total. The molecular weight excluding hydrogens is 283 g/mol. The normalized spacial score (nSPS) is 13.2. The van der Waals surface area contributed by atoms with Crippen LogP contribution in [0.3, 0.4) is 0 Å². The Hall–Kier alpha value is -2.02. The predicted octanol–water partition coefficient (Wildman–Crippen LogP) is 2.87. The van der Waals surface area contributed by atoms with E-state index in [1.165, 1.54) is 10.9 Å². The molecule has 0 spiro atoms. The highest BCUT2D eigenvalue weighted by Gasteiger charge is 2.33. The van der Waals surface area contributed by atoms with Gasteiger partial charge in [-0.3, -0.25) is 4.68 Å². The first-order valence-electron chi connectivity index (χ1n) is 6.36. The van der Waals surface area contributed by atoms with Crippen LogP contribution < -0.4 is 10.1 Å². The average Bonchev–Trinajstić information content (AvgIpc) is 2.93. The van der Waals surface area contributed by atoms with E-state index < -0.39 is 11.9 Å². The third-order valence-corrected chi connectivity index (χ3v) is 3.15. The summed E-state index contributed by atoms with van der Waals surface area (Å²) in [4.78, 5) is 0. The van der Waals surface area contributed by atoms with Gasteiger partial charge in [0.25, 0.3) is 0 Å². The van der Waals surface area contributed by atoms with Gasteiger partial charge in [0, 0.05) is 6.20 Å². The second kappa shape index (κ2) is 6.17. The van der Waals surface area contributed by atoms with Crippen molar-refractivity contribution in [2.45, 2.75) is 18.8 Å². The lowest BCUT2D eigenvalue weighted by atomic mass is 10.1. The van der Waals surface area contributed by atoms with Gasteiger partial charge in [-0.25, -0.2) is 0 Å².